The molecule has 2 fully saturated rings. The van der Waals surface area contributed by atoms with Crippen molar-refractivity contribution < 1.29 is 23.4 Å². The van der Waals surface area contributed by atoms with Crippen LogP contribution in [0.3, 0.4) is 0 Å². The highest BCUT2D eigenvalue weighted by molar-refractivity contribution is 5.90. The average Bonchev–Trinajstić information content (AvgIpc) is 3.27. The lowest BCUT2D eigenvalue weighted by Crippen LogP contribution is -2.30. The van der Waals surface area contributed by atoms with Crippen LogP contribution >= 0.6 is 0 Å². The van der Waals surface area contributed by atoms with Gasteiger partial charge >= 0.3 is 5.97 Å². The Bertz CT molecular complexity index is 1430. The number of halogens is 2. The molecule has 1 aliphatic carbocycles. The Morgan fingerprint density at radius 2 is 1.77 bits per heavy atom. The number of hydrogen-bond acceptors (Lipinski definition) is 3. The second kappa shape index (κ2) is 10.3. The first kappa shape index (κ1) is 27.3. The number of aromatic nitrogens is 2. The predicted octanol–water partition coefficient (Wildman–Crippen LogP) is 8.15. The third-order valence-electron chi connectivity index (χ3n) is 7.74. The first-order chi connectivity index (χ1) is 18.4. The zero-order chi connectivity index (χ0) is 27.9. The molecule has 39 heavy (non-hydrogen) atoms. The second-order valence-electron chi connectivity index (χ2n) is 12.6. The van der Waals surface area contributed by atoms with E-state index in [1.54, 1.807) is 6.20 Å². The van der Waals surface area contributed by atoms with Crippen LogP contribution in [0.5, 0.6) is 0 Å². The summed E-state index contributed by atoms with van der Waals surface area (Å²) >= 11 is 0. The van der Waals surface area contributed by atoms with Gasteiger partial charge in [0.2, 0.25) is 0 Å². The molecular formula is C32H36F2N2O3. The summed E-state index contributed by atoms with van der Waals surface area (Å²) in [7, 11) is 0. The van der Waals surface area contributed by atoms with Crippen LogP contribution in [-0.2, 0) is 9.53 Å². The Labute approximate surface area is 228 Å². The lowest BCUT2D eigenvalue weighted by Gasteiger charge is -2.43. The molecule has 1 unspecified atom stereocenters. The van der Waals surface area contributed by atoms with Crippen molar-refractivity contribution in [3.63, 3.8) is 0 Å². The van der Waals surface area contributed by atoms with Crippen molar-refractivity contribution in [2.75, 3.05) is 6.61 Å². The third kappa shape index (κ3) is 5.83. The number of rotatable bonds is 5. The van der Waals surface area contributed by atoms with E-state index >= 15 is 8.78 Å². The smallest absolute Gasteiger partial charge is 0.328 e. The van der Waals surface area contributed by atoms with Crippen molar-refractivity contribution in [2.45, 2.75) is 72.4 Å². The molecule has 2 aromatic carbocycles. The number of benzene rings is 2. The molecule has 2 heterocycles. The zero-order valence-corrected chi connectivity index (χ0v) is 23.1. The number of carbonyl (C=O) groups is 1. The van der Waals surface area contributed by atoms with Gasteiger partial charge in [0.15, 0.2) is 6.23 Å². The molecule has 5 rings (SSSR count). The van der Waals surface area contributed by atoms with Crippen molar-refractivity contribution in [2.24, 2.45) is 10.8 Å². The third-order valence-corrected chi connectivity index (χ3v) is 7.74. The Morgan fingerprint density at radius 1 is 1.08 bits per heavy atom. The first-order valence-corrected chi connectivity index (χ1v) is 13.6. The lowest BCUT2D eigenvalue weighted by molar-refractivity contribution is -0.131. The maximum Gasteiger partial charge on any atom is 0.328 e. The predicted molar refractivity (Wildman–Crippen MR) is 149 cm³/mol. The van der Waals surface area contributed by atoms with E-state index in [0.29, 0.717) is 12.2 Å². The SMILES string of the molecule is CC1(C)CC(=C(c2ccc3c(cnn3C3CCCCO3)c2)c2c(F)cc(C=CC(=O)O)cc2F)CC(C)(C)C1. The number of aliphatic carboxylic acids is 1. The molecule has 1 atom stereocenters. The fraction of sp³-hybridized carbons (Fsp3) is 0.438. The maximum atomic E-state index is 15.8. The maximum absolute atomic E-state index is 15.8. The first-order valence-electron chi connectivity index (χ1n) is 13.6. The van der Waals surface area contributed by atoms with Crippen LogP contribution in [0.15, 0.2) is 48.2 Å². The normalized spacial score (nSPS) is 21.0. The number of carboxylic acid groups (broad SMARTS) is 1. The van der Waals surface area contributed by atoms with Crippen molar-refractivity contribution in [1.82, 2.24) is 9.78 Å². The van der Waals surface area contributed by atoms with E-state index in [4.69, 9.17) is 9.84 Å². The molecule has 1 aliphatic heterocycles. The molecule has 0 radical (unpaired) electrons. The van der Waals surface area contributed by atoms with Crippen LogP contribution in [0.25, 0.3) is 22.6 Å². The fourth-order valence-corrected chi connectivity index (χ4v) is 6.79. The van der Waals surface area contributed by atoms with E-state index in [1.807, 2.05) is 22.9 Å². The van der Waals surface area contributed by atoms with Gasteiger partial charge in [-0.2, -0.15) is 5.10 Å². The van der Waals surface area contributed by atoms with Gasteiger partial charge in [-0.05, 0) is 96.4 Å². The van der Waals surface area contributed by atoms with Crippen molar-refractivity contribution in [3.8, 4) is 0 Å². The van der Waals surface area contributed by atoms with Gasteiger partial charge in [-0.1, -0.05) is 39.3 Å². The fourth-order valence-electron chi connectivity index (χ4n) is 6.79. The molecule has 1 N–H and O–H groups in total. The monoisotopic (exact) mass is 534 g/mol. The summed E-state index contributed by atoms with van der Waals surface area (Å²) in [6.07, 6.45) is 9.24. The highest BCUT2D eigenvalue weighted by atomic mass is 19.1. The molecule has 2 aliphatic rings. The Hall–Kier alpha value is -3.32. The van der Waals surface area contributed by atoms with E-state index in [-0.39, 0.29) is 28.2 Å². The van der Waals surface area contributed by atoms with Crippen LogP contribution in [0, 0.1) is 22.5 Å². The number of fused-ring (bicyclic) bond motifs is 1. The molecule has 0 amide bonds. The molecule has 0 bridgehead atoms. The van der Waals surface area contributed by atoms with Crippen LogP contribution < -0.4 is 0 Å². The van der Waals surface area contributed by atoms with E-state index in [2.05, 4.69) is 32.8 Å². The van der Waals surface area contributed by atoms with Gasteiger partial charge in [-0.15, -0.1) is 0 Å². The molecular weight excluding hydrogens is 498 g/mol. The second-order valence-corrected chi connectivity index (χ2v) is 12.6. The summed E-state index contributed by atoms with van der Waals surface area (Å²) in [6.45, 7) is 9.53. The minimum Gasteiger partial charge on any atom is -0.478 e. The Balaban J connectivity index is 1.68. The quantitative estimate of drug-likeness (QED) is 0.336. The summed E-state index contributed by atoms with van der Waals surface area (Å²) in [5, 5.41) is 14.4. The standard InChI is InChI=1S/C32H36F2N2O3/c1-31(2)16-23(17-32(3,4)19-31)29(30-24(33)13-20(14-25(30)34)8-11-28(37)38)21-9-10-26-22(15-21)18-35-36(26)27-7-5-6-12-39-27/h8-11,13-15,18,27H,5-7,12,16-17,19H2,1-4H3,(H,37,38). The van der Waals surface area contributed by atoms with Gasteiger partial charge < -0.3 is 9.84 Å². The summed E-state index contributed by atoms with van der Waals surface area (Å²) in [5.41, 5.74) is 3.27. The summed E-state index contributed by atoms with van der Waals surface area (Å²) < 4.78 is 39.4. The van der Waals surface area contributed by atoms with Crippen LogP contribution in [-0.4, -0.2) is 27.5 Å². The van der Waals surface area contributed by atoms with Crippen LogP contribution in [0.1, 0.15) is 89.1 Å². The molecule has 3 aromatic rings. The van der Waals surface area contributed by atoms with Crippen molar-refractivity contribution in [3.05, 3.63) is 76.5 Å². The van der Waals surface area contributed by atoms with Gasteiger partial charge in [-0.25, -0.2) is 18.3 Å². The van der Waals surface area contributed by atoms with Crippen molar-refractivity contribution >= 4 is 28.5 Å². The molecule has 1 saturated carbocycles. The summed E-state index contributed by atoms with van der Waals surface area (Å²) in [6, 6.07) is 8.27. The number of hydrogen-bond donors (Lipinski definition) is 1. The zero-order valence-electron chi connectivity index (χ0n) is 23.1. The summed E-state index contributed by atoms with van der Waals surface area (Å²) in [4.78, 5) is 10.9. The number of allylic oxidation sites excluding steroid dienone is 1. The lowest BCUT2D eigenvalue weighted by atomic mass is 9.62. The number of ether oxygens (including phenoxy) is 1. The van der Waals surface area contributed by atoms with E-state index in [1.165, 1.54) is 18.2 Å². The van der Waals surface area contributed by atoms with Crippen molar-refractivity contribution in [1.29, 1.82) is 0 Å². The summed E-state index contributed by atoms with van der Waals surface area (Å²) in [5.74, 6) is -2.60. The highest BCUT2D eigenvalue weighted by Crippen LogP contribution is 2.51. The Morgan fingerprint density at radius 3 is 2.38 bits per heavy atom. The molecule has 0 spiro atoms. The van der Waals surface area contributed by atoms with Gasteiger partial charge in [-0.3, -0.25) is 0 Å². The van der Waals surface area contributed by atoms with Gasteiger partial charge in [0.05, 0.1) is 17.3 Å². The number of carboxylic acids is 1. The minimum absolute atomic E-state index is 0.0350. The van der Waals surface area contributed by atoms with Gasteiger partial charge in [0, 0.05) is 18.1 Å². The van der Waals surface area contributed by atoms with Gasteiger partial charge in [0.25, 0.3) is 0 Å². The van der Waals surface area contributed by atoms with Crippen LogP contribution in [0.2, 0.25) is 0 Å². The largest absolute Gasteiger partial charge is 0.478 e. The number of nitrogens with zero attached hydrogens (tertiary/aromatic N) is 2. The molecule has 1 aromatic heterocycles. The highest BCUT2D eigenvalue weighted by Gasteiger charge is 2.38. The van der Waals surface area contributed by atoms with Crippen LogP contribution in [0.4, 0.5) is 8.78 Å². The van der Waals surface area contributed by atoms with E-state index in [9.17, 15) is 4.79 Å². The topological polar surface area (TPSA) is 64.4 Å². The molecule has 5 nitrogen and oxygen atoms in total. The minimum atomic E-state index is -1.18. The Kier molecular flexibility index (Phi) is 7.23. The average molecular weight is 535 g/mol. The van der Waals surface area contributed by atoms with E-state index in [0.717, 1.165) is 66.6 Å². The van der Waals surface area contributed by atoms with E-state index < -0.39 is 17.6 Å². The molecule has 206 valence electrons. The molecule has 7 heteroatoms. The van der Waals surface area contributed by atoms with Gasteiger partial charge in [0.1, 0.15) is 11.6 Å². The molecule has 1 saturated heterocycles.